The molecule has 5 rings (SSSR count). The van der Waals surface area contributed by atoms with Gasteiger partial charge in [-0.3, -0.25) is 24.2 Å². The van der Waals surface area contributed by atoms with Gasteiger partial charge in [0.15, 0.2) is 0 Å². The lowest BCUT2D eigenvalue weighted by molar-refractivity contribution is -0.122. The van der Waals surface area contributed by atoms with Crippen molar-refractivity contribution >= 4 is 63.0 Å². The van der Waals surface area contributed by atoms with Gasteiger partial charge in [-0.2, -0.15) is 0 Å². The van der Waals surface area contributed by atoms with Crippen LogP contribution >= 0.6 is 24.0 Å². The van der Waals surface area contributed by atoms with Crippen molar-refractivity contribution in [3.05, 3.63) is 94.9 Å². The number of ether oxygens (including phenoxy) is 1. The Morgan fingerprint density at radius 2 is 1.63 bits per heavy atom. The van der Waals surface area contributed by atoms with Gasteiger partial charge in [-0.15, -0.1) is 0 Å². The van der Waals surface area contributed by atoms with Gasteiger partial charge in [0.05, 0.1) is 22.8 Å². The largest absolute Gasteiger partial charge is 0.494 e. The second-order valence-corrected chi connectivity index (χ2v) is 10.3. The summed E-state index contributed by atoms with van der Waals surface area (Å²) in [5.41, 5.74) is 3.19. The van der Waals surface area contributed by atoms with E-state index in [0.29, 0.717) is 51.5 Å². The van der Waals surface area contributed by atoms with Crippen LogP contribution in [0.25, 0.3) is 5.57 Å². The highest BCUT2D eigenvalue weighted by Gasteiger charge is 2.42. The van der Waals surface area contributed by atoms with Crippen LogP contribution in [-0.4, -0.2) is 46.6 Å². The van der Waals surface area contributed by atoms with Gasteiger partial charge in [0.2, 0.25) is 5.91 Å². The number of anilines is 2. The Kier molecular flexibility index (Phi) is 7.57. The minimum Gasteiger partial charge on any atom is -0.494 e. The van der Waals surface area contributed by atoms with Crippen LogP contribution in [0.2, 0.25) is 0 Å². The third-order valence-corrected chi connectivity index (χ3v) is 7.67. The van der Waals surface area contributed by atoms with E-state index in [1.165, 1.54) is 4.90 Å². The van der Waals surface area contributed by atoms with Crippen molar-refractivity contribution in [2.24, 2.45) is 0 Å². The maximum Gasteiger partial charge on any atom is 0.267 e. The van der Waals surface area contributed by atoms with Crippen molar-refractivity contribution in [2.45, 2.75) is 13.3 Å². The predicted molar refractivity (Wildman–Crippen MR) is 154 cm³/mol. The van der Waals surface area contributed by atoms with Gasteiger partial charge in [-0.1, -0.05) is 72.5 Å². The first kappa shape index (κ1) is 25.7. The fourth-order valence-corrected chi connectivity index (χ4v) is 5.81. The van der Waals surface area contributed by atoms with Crippen LogP contribution in [-0.2, 0) is 20.8 Å². The predicted octanol–water partition coefficient (Wildman–Crippen LogP) is 4.88. The number of nitrogens with zero attached hydrogens (tertiary/aromatic N) is 2. The number of nitrogens with one attached hydrogen (secondary N) is 1. The Balaban J connectivity index is 1.35. The van der Waals surface area contributed by atoms with E-state index >= 15 is 0 Å². The van der Waals surface area contributed by atoms with E-state index in [1.54, 1.807) is 47.4 Å². The molecule has 38 heavy (non-hydrogen) atoms. The molecule has 7 nitrogen and oxygen atoms in total. The average molecular weight is 544 g/mol. The summed E-state index contributed by atoms with van der Waals surface area (Å²) in [4.78, 5) is 43.2. The molecule has 9 heteroatoms. The molecular formula is C29H25N3O4S2. The van der Waals surface area contributed by atoms with Crippen molar-refractivity contribution < 1.29 is 19.1 Å². The van der Waals surface area contributed by atoms with E-state index in [0.717, 1.165) is 17.3 Å². The zero-order valence-corrected chi connectivity index (χ0v) is 22.3. The number of thiocarbonyl (C=S) groups is 1. The smallest absolute Gasteiger partial charge is 0.267 e. The molecule has 3 aromatic carbocycles. The number of hydrogen-bond acceptors (Lipinski definition) is 6. The first-order valence-electron chi connectivity index (χ1n) is 12.2. The Morgan fingerprint density at radius 3 is 2.37 bits per heavy atom. The maximum atomic E-state index is 13.6. The van der Waals surface area contributed by atoms with E-state index < -0.39 is 5.91 Å². The van der Waals surface area contributed by atoms with Crippen molar-refractivity contribution in [1.29, 1.82) is 0 Å². The summed E-state index contributed by atoms with van der Waals surface area (Å²) in [5.74, 6) is -0.319. The van der Waals surface area contributed by atoms with Gasteiger partial charge in [0.1, 0.15) is 16.6 Å². The molecule has 1 N–H and O–H groups in total. The lowest BCUT2D eigenvalue weighted by Crippen LogP contribution is -2.35. The summed E-state index contributed by atoms with van der Waals surface area (Å²) in [6.07, 6.45) is 0.651. The molecule has 3 amide bonds. The average Bonchev–Trinajstić information content (AvgIpc) is 3.36. The number of benzene rings is 3. The second-order valence-electron chi connectivity index (χ2n) is 8.68. The number of carbonyl (C=O) groups is 3. The highest BCUT2D eigenvalue weighted by atomic mass is 32.2. The van der Waals surface area contributed by atoms with E-state index in [9.17, 15) is 14.4 Å². The molecule has 2 heterocycles. The number of amides is 3. The normalized spacial score (nSPS) is 16.7. The summed E-state index contributed by atoms with van der Waals surface area (Å²) in [5, 5.41) is 2.82. The van der Waals surface area contributed by atoms with E-state index in [2.05, 4.69) is 5.32 Å². The fourth-order valence-electron chi connectivity index (χ4n) is 4.43. The number of hydrogen-bond donors (Lipinski definition) is 1. The van der Waals surface area contributed by atoms with Crippen molar-refractivity contribution in [3.63, 3.8) is 0 Å². The minimum absolute atomic E-state index is 0.194. The molecular weight excluding hydrogens is 518 g/mol. The van der Waals surface area contributed by atoms with Crippen molar-refractivity contribution in [3.8, 4) is 5.75 Å². The molecule has 0 bridgehead atoms. The summed E-state index contributed by atoms with van der Waals surface area (Å²) < 4.78 is 5.86. The van der Waals surface area contributed by atoms with Crippen LogP contribution in [0.4, 0.5) is 11.4 Å². The number of thioether (sulfide) groups is 1. The fraction of sp³-hybridized carbons (Fsp3) is 0.172. The Labute approximate surface area is 230 Å². The Morgan fingerprint density at radius 1 is 0.921 bits per heavy atom. The summed E-state index contributed by atoms with van der Waals surface area (Å²) in [6.45, 7) is 2.68. The molecule has 1 saturated heterocycles. The van der Waals surface area contributed by atoms with E-state index in [1.807, 2.05) is 43.3 Å². The molecule has 0 saturated carbocycles. The van der Waals surface area contributed by atoms with Crippen LogP contribution in [0.15, 0.2) is 83.8 Å². The highest BCUT2D eigenvalue weighted by molar-refractivity contribution is 8.26. The van der Waals surface area contributed by atoms with Crippen LogP contribution in [0.1, 0.15) is 18.1 Å². The highest BCUT2D eigenvalue weighted by Crippen LogP contribution is 2.44. The van der Waals surface area contributed by atoms with E-state index in [-0.39, 0.29) is 23.9 Å². The lowest BCUT2D eigenvalue weighted by Gasteiger charge is -2.17. The van der Waals surface area contributed by atoms with Crippen LogP contribution < -0.4 is 15.0 Å². The summed E-state index contributed by atoms with van der Waals surface area (Å²) in [7, 11) is 0. The number of carbonyl (C=O) groups excluding carboxylic acids is 3. The zero-order valence-electron chi connectivity index (χ0n) is 20.7. The standard InChI is InChI=1S/C29H25N3O4S2/c1-2-36-21-14-12-20(13-15-21)30-24(33)18-32-23-11-7-6-10-22(23)25(27(32)34)26-28(35)31(29(37)38-26)17-16-19-8-4-3-5-9-19/h3-15H,2,16-18H2,1H3,(H,30,33)/b26-25-. The first-order chi connectivity index (χ1) is 18.5. The third-order valence-electron chi connectivity index (χ3n) is 6.22. The SMILES string of the molecule is CCOc1ccc(NC(=O)CN2C(=O)/C(=C3\SC(=S)N(CCc4ccccc4)C3=O)c3ccccc32)cc1. The van der Waals surface area contributed by atoms with Crippen molar-refractivity contribution in [1.82, 2.24) is 4.90 Å². The van der Waals surface area contributed by atoms with Gasteiger partial charge >= 0.3 is 0 Å². The van der Waals surface area contributed by atoms with Gasteiger partial charge in [-0.25, -0.2) is 0 Å². The summed E-state index contributed by atoms with van der Waals surface area (Å²) >= 11 is 6.65. The topological polar surface area (TPSA) is 79.0 Å². The van der Waals surface area contributed by atoms with E-state index in [4.69, 9.17) is 17.0 Å². The molecule has 0 atom stereocenters. The maximum absolute atomic E-state index is 13.6. The Hall–Kier alpha value is -3.95. The van der Waals surface area contributed by atoms with Gasteiger partial charge in [-0.05, 0) is 49.2 Å². The molecule has 0 aliphatic carbocycles. The van der Waals surface area contributed by atoms with Gasteiger partial charge in [0.25, 0.3) is 11.8 Å². The quantitative estimate of drug-likeness (QED) is 0.322. The molecule has 1 fully saturated rings. The van der Waals surface area contributed by atoms with Crippen molar-refractivity contribution in [2.75, 3.05) is 29.9 Å². The zero-order chi connectivity index (χ0) is 26.6. The number of para-hydroxylation sites is 1. The molecule has 192 valence electrons. The number of rotatable bonds is 8. The molecule has 2 aliphatic rings. The number of fused-ring (bicyclic) bond motifs is 1. The molecule has 0 aromatic heterocycles. The minimum atomic E-state index is -0.392. The van der Waals surface area contributed by atoms with Gasteiger partial charge in [0, 0.05) is 17.8 Å². The third kappa shape index (κ3) is 5.20. The van der Waals surface area contributed by atoms with Crippen LogP contribution in [0.3, 0.4) is 0 Å². The second kappa shape index (κ2) is 11.2. The molecule has 2 aliphatic heterocycles. The van der Waals surface area contributed by atoms with Crippen LogP contribution in [0.5, 0.6) is 5.75 Å². The lowest BCUT2D eigenvalue weighted by atomic mass is 10.1. The molecule has 0 unspecified atom stereocenters. The molecule has 0 spiro atoms. The monoisotopic (exact) mass is 543 g/mol. The van der Waals surface area contributed by atoms with Gasteiger partial charge < -0.3 is 10.1 Å². The van der Waals surface area contributed by atoms with Crippen LogP contribution in [0, 0.1) is 0 Å². The Bertz CT molecular complexity index is 1440. The first-order valence-corrected chi connectivity index (χ1v) is 13.4. The molecule has 0 radical (unpaired) electrons. The molecule has 3 aromatic rings. The summed E-state index contributed by atoms with van der Waals surface area (Å²) in [6, 6.07) is 24.1.